The fraction of sp³-hybridized carbons (Fsp3) is 0.429. The highest BCUT2D eigenvalue weighted by Gasteiger charge is 2.11. The standard InChI is InChI=1S/C14H20N4/c1-10(2)18-8-7-12(17-18)9-13(15)14-6-4-5-11(3)16-14/h4-8,10,13H,9,15H2,1-3H3. The molecule has 18 heavy (non-hydrogen) atoms. The van der Waals surface area contributed by atoms with E-state index in [2.05, 4.69) is 23.9 Å². The predicted molar refractivity (Wildman–Crippen MR) is 72.2 cm³/mol. The first-order valence-electron chi connectivity index (χ1n) is 6.29. The molecule has 4 heteroatoms. The Hall–Kier alpha value is -1.68. The molecule has 96 valence electrons. The van der Waals surface area contributed by atoms with Gasteiger partial charge in [-0.15, -0.1) is 0 Å². The summed E-state index contributed by atoms with van der Waals surface area (Å²) in [5, 5.41) is 4.51. The Labute approximate surface area is 108 Å². The second-order valence-electron chi connectivity index (χ2n) is 4.90. The van der Waals surface area contributed by atoms with E-state index in [0.29, 0.717) is 6.04 Å². The van der Waals surface area contributed by atoms with Crippen LogP contribution in [-0.4, -0.2) is 14.8 Å². The van der Waals surface area contributed by atoms with Crippen molar-refractivity contribution in [1.29, 1.82) is 0 Å². The quantitative estimate of drug-likeness (QED) is 0.898. The van der Waals surface area contributed by atoms with E-state index in [0.717, 1.165) is 23.5 Å². The molecule has 2 N–H and O–H groups in total. The lowest BCUT2D eigenvalue weighted by molar-refractivity contribution is 0.522. The van der Waals surface area contributed by atoms with Crippen LogP contribution >= 0.6 is 0 Å². The van der Waals surface area contributed by atoms with Crippen LogP contribution in [0.15, 0.2) is 30.5 Å². The van der Waals surface area contributed by atoms with Crippen LogP contribution in [-0.2, 0) is 6.42 Å². The van der Waals surface area contributed by atoms with E-state index in [-0.39, 0.29) is 6.04 Å². The maximum atomic E-state index is 6.17. The van der Waals surface area contributed by atoms with Crippen molar-refractivity contribution in [1.82, 2.24) is 14.8 Å². The van der Waals surface area contributed by atoms with Crippen LogP contribution in [0.1, 0.15) is 43.0 Å². The molecule has 0 aliphatic rings. The van der Waals surface area contributed by atoms with Gasteiger partial charge in [0, 0.05) is 24.4 Å². The Morgan fingerprint density at radius 3 is 2.67 bits per heavy atom. The van der Waals surface area contributed by atoms with Crippen LogP contribution in [0.2, 0.25) is 0 Å². The Bertz CT molecular complexity index is 516. The SMILES string of the molecule is Cc1cccc(C(N)Cc2ccn(C(C)C)n2)n1. The predicted octanol–water partition coefficient (Wildman–Crippen LogP) is 2.41. The van der Waals surface area contributed by atoms with Gasteiger partial charge >= 0.3 is 0 Å². The maximum Gasteiger partial charge on any atom is 0.0644 e. The second kappa shape index (κ2) is 5.31. The number of nitrogens with two attached hydrogens (primary N) is 1. The molecule has 0 saturated carbocycles. The lowest BCUT2D eigenvalue weighted by Crippen LogP contribution is -2.16. The van der Waals surface area contributed by atoms with Crippen molar-refractivity contribution in [3.63, 3.8) is 0 Å². The third-order valence-corrected chi connectivity index (χ3v) is 2.91. The molecule has 2 aromatic rings. The summed E-state index contributed by atoms with van der Waals surface area (Å²) in [6, 6.07) is 8.24. The van der Waals surface area contributed by atoms with Gasteiger partial charge in [-0.3, -0.25) is 9.67 Å². The summed E-state index contributed by atoms with van der Waals surface area (Å²) in [7, 11) is 0. The van der Waals surface area contributed by atoms with Crippen molar-refractivity contribution < 1.29 is 0 Å². The fourth-order valence-electron chi connectivity index (χ4n) is 1.87. The smallest absolute Gasteiger partial charge is 0.0644 e. The van der Waals surface area contributed by atoms with Gasteiger partial charge in [0.25, 0.3) is 0 Å². The molecular formula is C14H20N4. The Morgan fingerprint density at radius 1 is 1.28 bits per heavy atom. The third-order valence-electron chi connectivity index (χ3n) is 2.91. The molecule has 0 aromatic carbocycles. The Morgan fingerprint density at radius 2 is 2.06 bits per heavy atom. The lowest BCUT2D eigenvalue weighted by atomic mass is 10.1. The summed E-state index contributed by atoms with van der Waals surface area (Å²) in [6.45, 7) is 6.20. The molecule has 4 nitrogen and oxygen atoms in total. The van der Waals surface area contributed by atoms with Gasteiger partial charge in [0.1, 0.15) is 0 Å². The maximum absolute atomic E-state index is 6.17. The van der Waals surface area contributed by atoms with Gasteiger partial charge < -0.3 is 5.73 Å². The van der Waals surface area contributed by atoms with E-state index in [1.807, 2.05) is 42.1 Å². The molecular weight excluding hydrogens is 224 g/mol. The molecule has 1 atom stereocenters. The third kappa shape index (κ3) is 2.96. The van der Waals surface area contributed by atoms with Crippen molar-refractivity contribution in [2.24, 2.45) is 5.73 Å². The summed E-state index contributed by atoms with van der Waals surface area (Å²) in [4.78, 5) is 4.45. The minimum absolute atomic E-state index is 0.0968. The van der Waals surface area contributed by atoms with Crippen LogP contribution in [0.25, 0.3) is 0 Å². The van der Waals surface area contributed by atoms with Crippen molar-refractivity contribution in [2.75, 3.05) is 0 Å². The number of hydrogen-bond donors (Lipinski definition) is 1. The summed E-state index contributed by atoms with van der Waals surface area (Å²) in [5.41, 5.74) is 9.10. The van der Waals surface area contributed by atoms with Gasteiger partial charge in [-0.05, 0) is 39.0 Å². The molecule has 0 bridgehead atoms. The van der Waals surface area contributed by atoms with Crippen molar-refractivity contribution in [3.8, 4) is 0 Å². The molecule has 0 amide bonds. The highest BCUT2D eigenvalue weighted by atomic mass is 15.3. The molecule has 2 heterocycles. The monoisotopic (exact) mass is 244 g/mol. The van der Waals surface area contributed by atoms with Gasteiger partial charge in [-0.2, -0.15) is 5.10 Å². The van der Waals surface area contributed by atoms with E-state index in [9.17, 15) is 0 Å². The van der Waals surface area contributed by atoms with Gasteiger partial charge in [0.15, 0.2) is 0 Å². The zero-order chi connectivity index (χ0) is 13.1. The molecule has 0 aliphatic heterocycles. The number of pyridine rings is 1. The van der Waals surface area contributed by atoms with Crippen LogP contribution in [0.4, 0.5) is 0 Å². The summed E-state index contributed by atoms with van der Waals surface area (Å²) in [5.74, 6) is 0. The number of nitrogens with zero attached hydrogens (tertiary/aromatic N) is 3. The highest BCUT2D eigenvalue weighted by Crippen LogP contribution is 2.14. The molecule has 0 spiro atoms. The molecule has 0 saturated heterocycles. The summed E-state index contributed by atoms with van der Waals surface area (Å²) >= 11 is 0. The first-order chi connectivity index (χ1) is 8.56. The van der Waals surface area contributed by atoms with Crippen molar-refractivity contribution >= 4 is 0 Å². The van der Waals surface area contributed by atoms with E-state index in [1.54, 1.807) is 0 Å². The first-order valence-corrected chi connectivity index (χ1v) is 6.29. The zero-order valence-corrected chi connectivity index (χ0v) is 11.2. The zero-order valence-electron chi connectivity index (χ0n) is 11.2. The van der Waals surface area contributed by atoms with Crippen LogP contribution in [0.3, 0.4) is 0 Å². The topological polar surface area (TPSA) is 56.7 Å². The fourth-order valence-corrected chi connectivity index (χ4v) is 1.87. The Kier molecular flexibility index (Phi) is 3.77. The van der Waals surface area contributed by atoms with E-state index >= 15 is 0 Å². The second-order valence-corrected chi connectivity index (χ2v) is 4.90. The number of aryl methyl sites for hydroxylation is 1. The molecule has 0 fully saturated rings. The van der Waals surface area contributed by atoms with Gasteiger partial charge in [-0.25, -0.2) is 0 Å². The van der Waals surface area contributed by atoms with Crippen LogP contribution in [0, 0.1) is 6.92 Å². The summed E-state index contributed by atoms with van der Waals surface area (Å²) < 4.78 is 1.95. The van der Waals surface area contributed by atoms with E-state index < -0.39 is 0 Å². The number of rotatable bonds is 4. The Balaban J connectivity index is 2.08. The molecule has 1 unspecified atom stereocenters. The van der Waals surface area contributed by atoms with E-state index in [1.165, 1.54) is 0 Å². The largest absolute Gasteiger partial charge is 0.322 e. The van der Waals surface area contributed by atoms with Gasteiger partial charge in [0.05, 0.1) is 17.4 Å². The lowest BCUT2D eigenvalue weighted by Gasteiger charge is -2.10. The molecule has 0 radical (unpaired) electrons. The van der Waals surface area contributed by atoms with E-state index in [4.69, 9.17) is 5.73 Å². The highest BCUT2D eigenvalue weighted by molar-refractivity contribution is 5.15. The minimum Gasteiger partial charge on any atom is -0.322 e. The van der Waals surface area contributed by atoms with Crippen molar-refractivity contribution in [3.05, 3.63) is 47.5 Å². The number of hydrogen-bond acceptors (Lipinski definition) is 3. The van der Waals surface area contributed by atoms with Gasteiger partial charge in [0.2, 0.25) is 0 Å². The van der Waals surface area contributed by atoms with Crippen LogP contribution in [0.5, 0.6) is 0 Å². The first kappa shape index (κ1) is 12.8. The molecule has 0 aliphatic carbocycles. The van der Waals surface area contributed by atoms with Gasteiger partial charge in [-0.1, -0.05) is 6.07 Å². The average Bonchev–Trinajstić information content (AvgIpc) is 2.77. The van der Waals surface area contributed by atoms with Crippen LogP contribution < -0.4 is 5.73 Å². The average molecular weight is 244 g/mol. The number of aromatic nitrogens is 3. The molecule has 2 aromatic heterocycles. The minimum atomic E-state index is -0.0968. The normalized spacial score (nSPS) is 12.9. The van der Waals surface area contributed by atoms with Crippen molar-refractivity contribution in [2.45, 2.75) is 39.3 Å². The molecule has 2 rings (SSSR count). The summed E-state index contributed by atoms with van der Waals surface area (Å²) in [6.07, 6.45) is 2.71.